The maximum absolute atomic E-state index is 12.6. The Morgan fingerprint density at radius 1 is 1.40 bits per heavy atom. The van der Waals surface area contributed by atoms with Crippen molar-refractivity contribution in [3.63, 3.8) is 0 Å². The summed E-state index contributed by atoms with van der Waals surface area (Å²) in [7, 11) is 0. The summed E-state index contributed by atoms with van der Waals surface area (Å²) in [6.45, 7) is 0.978. The summed E-state index contributed by atoms with van der Waals surface area (Å²) in [6, 6.07) is 0. The molecule has 1 aromatic rings. The number of halogens is 3. The fourth-order valence-corrected chi connectivity index (χ4v) is 2.90. The lowest BCUT2D eigenvalue weighted by molar-refractivity contribution is -0.149. The summed E-state index contributed by atoms with van der Waals surface area (Å²) in [6.07, 6.45) is 0.624. The van der Waals surface area contributed by atoms with E-state index in [0.29, 0.717) is 26.0 Å². The summed E-state index contributed by atoms with van der Waals surface area (Å²) in [5.41, 5.74) is -1.32. The number of nitrogens with one attached hydrogen (secondary N) is 1. The van der Waals surface area contributed by atoms with Gasteiger partial charge in [0.2, 0.25) is 11.8 Å². The van der Waals surface area contributed by atoms with E-state index >= 15 is 0 Å². The van der Waals surface area contributed by atoms with Crippen LogP contribution >= 0.6 is 0 Å². The van der Waals surface area contributed by atoms with Crippen LogP contribution in [0.2, 0.25) is 0 Å². The van der Waals surface area contributed by atoms with Crippen LogP contribution in [0, 0.1) is 0 Å². The molecule has 0 aromatic carbocycles. The Morgan fingerprint density at radius 2 is 2.16 bits per heavy atom. The molecule has 1 aliphatic heterocycles. The van der Waals surface area contributed by atoms with Crippen LogP contribution in [0.4, 0.5) is 13.2 Å². The minimum Gasteiger partial charge on any atom is -0.372 e. The first-order valence-corrected chi connectivity index (χ1v) is 7.97. The molecule has 7 nitrogen and oxygen atoms in total. The molecule has 0 radical (unpaired) electrons. The average Bonchev–Trinajstić information content (AvgIpc) is 3.12. The third-order valence-corrected chi connectivity index (χ3v) is 4.12. The summed E-state index contributed by atoms with van der Waals surface area (Å²) in [5.74, 6) is -1.08. The zero-order valence-electron chi connectivity index (χ0n) is 13.9. The van der Waals surface area contributed by atoms with Crippen LogP contribution in [0.15, 0.2) is 18.7 Å². The first kappa shape index (κ1) is 19.2. The van der Waals surface area contributed by atoms with Gasteiger partial charge in [-0.1, -0.05) is 0 Å². The van der Waals surface area contributed by atoms with Crippen molar-refractivity contribution in [1.29, 1.82) is 0 Å². The summed E-state index contributed by atoms with van der Waals surface area (Å²) in [5, 5.41) is 1.94. The van der Waals surface area contributed by atoms with E-state index in [1.54, 1.807) is 6.92 Å². The van der Waals surface area contributed by atoms with Crippen LogP contribution in [0.5, 0.6) is 0 Å². The monoisotopic (exact) mass is 362 g/mol. The van der Waals surface area contributed by atoms with E-state index in [4.69, 9.17) is 4.74 Å². The molecule has 10 heteroatoms. The number of carbonyl (C=O) groups excluding carboxylic acids is 2. The Bertz CT molecular complexity index is 591. The number of ether oxygens (including phenoxy) is 1. The van der Waals surface area contributed by atoms with Gasteiger partial charge in [0, 0.05) is 25.5 Å². The van der Waals surface area contributed by atoms with E-state index in [1.807, 2.05) is 5.32 Å². The molecule has 2 heterocycles. The van der Waals surface area contributed by atoms with E-state index in [-0.39, 0.29) is 19.1 Å². The second-order valence-electron chi connectivity index (χ2n) is 5.86. The highest BCUT2D eigenvalue weighted by Crippen LogP contribution is 2.30. The predicted molar refractivity (Wildman–Crippen MR) is 81.6 cm³/mol. The smallest absolute Gasteiger partial charge is 0.372 e. The molecule has 0 spiro atoms. The zero-order chi connectivity index (χ0) is 18.5. The topological polar surface area (TPSA) is 76.5 Å². The number of alkyl halides is 3. The Morgan fingerprint density at radius 3 is 2.76 bits per heavy atom. The lowest BCUT2D eigenvalue weighted by atomic mass is 9.87. The molecule has 0 aliphatic carbocycles. The van der Waals surface area contributed by atoms with Crippen molar-refractivity contribution in [2.45, 2.75) is 31.5 Å². The van der Waals surface area contributed by atoms with Crippen LogP contribution in [0.1, 0.15) is 19.8 Å². The molecule has 0 saturated carbocycles. The highest BCUT2D eigenvalue weighted by Gasteiger charge is 2.45. The number of rotatable bonds is 6. The zero-order valence-corrected chi connectivity index (χ0v) is 13.9. The Labute approximate surface area is 143 Å². The Kier molecular flexibility index (Phi) is 6.04. The lowest BCUT2D eigenvalue weighted by Gasteiger charge is -2.42. The van der Waals surface area contributed by atoms with Crippen molar-refractivity contribution in [3.05, 3.63) is 18.7 Å². The fourth-order valence-electron chi connectivity index (χ4n) is 2.90. The molecular formula is C15H21F3N4O3. The molecule has 25 heavy (non-hydrogen) atoms. The van der Waals surface area contributed by atoms with Crippen LogP contribution in [-0.4, -0.2) is 65.3 Å². The maximum atomic E-state index is 12.6. The molecule has 1 saturated heterocycles. The Balaban J connectivity index is 2.21. The normalized spacial score (nSPS) is 21.2. The molecule has 1 N–H and O–H groups in total. The van der Waals surface area contributed by atoms with E-state index in [1.165, 1.54) is 28.2 Å². The number of likely N-dealkylation sites (tertiary alicyclic amines) is 1. The SMILES string of the molecule is CCOCC(=O)N1CCCC(C(=O)NCC(F)(F)F)(n2ccnc2)C1. The number of hydrogen-bond donors (Lipinski definition) is 1. The van der Waals surface area contributed by atoms with E-state index in [0.717, 1.165) is 0 Å². The summed E-state index contributed by atoms with van der Waals surface area (Å²) < 4.78 is 44.0. The minimum atomic E-state index is -4.51. The van der Waals surface area contributed by atoms with Crippen molar-refractivity contribution < 1.29 is 27.5 Å². The van der Waals surface area contributed by atoms with Gasteiger partial charge in [0.05, 0.1) is 12.9 Å². The molecule has 1 unspecified atom stereocenters. The minimum absolute atomic E-state index is 0.0288. The van der Waals surface area contributed by atoms with Crippen LogP contribution in [-0.2, 0) is 19.9 Å². The molecule has 1 fully saturated rings. The van der Waals surface area contributed by atoms with E-state index in [9.17, 15) is 22.8 Å². The second-order valence-corrected chi connectivity index (χ2v) is 5.86. The van der Waals surface area contributed by atoms with Gasteiger partial charge in [-0.25, -0.2) is 4.98 Å². The quantitative estimate of drug-likeness (QED) is 0.816. The molecular weight excluding hydrogens is 341 g/mol. The van der Waals surface area contributed by atoms with Gasteiger partial charge in [0.15, 0.2) is 0 Å². The largest absolute Gasteiger partial charge is 0.405 e. The number of hydrogen-bond acceptors (Lipinski definition) is 4. The number of carbonyl (C=O) groups is 2. The van der Waals surface area contributed by atoms with Crippen molar-refractivity contribution in [2.24, 2.45) is 0 Å². The standard InChI is InChI=1S/C15H21F3N4O3/c1-2-25-8-12(23)21-6-3-4-14(10-21,22-7-5-19-11-22)13(24)20-9-15(16,17)18/h5,7,11H,2-4,6,8-10H2,1H3,(H,20,24). The van der Waals surface area contributed by atoms with Crippen LogP contribution < -0.4 is 5.32 Å². The summed E-state index contributed by atoms with van der Waals surface area (Å²) >= 11 is 0. The summed E-state index contributed by atoms with van der Waals surface area (Å²) in [4.78, 5) is 30.2. The molecule has 1 aliphatic rings. The van der Waals surface area contributed by atoms with Crippen molar-refractivity contribution in [3.8, 4) is 0 Å². The molecule has 2 rings (SSSR count). The average molecular weight is 362 g/mol. The second kappa shape index (κ2) is 7.85. The van der Waals surface area contributed by atoms with E-state index < -0.39 is 24.2 Å². The first-order chi connectivity index (χ1) is 11.8. The molecule has 0 bridgehead atoms. The number of nitrogens with zero attached hydrogens (tertiary/aromatic N) is 3. The van der Waals surface area contributed by atoms with Crippen LogP contribution in [0.25, 0.3) is 0 Å². The number of imidazole rings is 1. The number of piperidine rings is 1. The van der Waals surface area contributed by atoms with Crippen molar-refractivity contribution in [2.75, 3.05) is 32.8 Å². The number of amides is 2. The molecule has 1 aromatic heterocycles. The molecule has 2 amide bonds. The third-order valence-electron chi connectivity index (χ3n) is 4.12. The van der Waals surface area contributed by atoms with Gasteiger partial charge in [-0.3, -0.25) is 9.59 Å². The first-order valence-electron chi connectivity index (χ1n) is 7.97. The van der Waals surface area contributed by atoms with Crippen LogP contribution in [0.3, 0.4) is 0 Å². The van der Waals surface area contributed by atoms with Gasteiger partial charge in [0.25, 0.3) is 0 Å². The van der Waals surface area contributed by atoms with Gasteiger partial charge in [-0.2, -0.15) is 13.2 Å². The Hall–Kier alpha value is -2.10. The van der Waals surface area contributed by atoms with Gasteiger partial charge in [0.1, 0.15) is 18.7 Å². The molecule has 140 valence electrons. The van der Waals surface area contributed by atoms with Gasteiger partial charge < -0.3 is 19.5 Å². The lowest BCUT2D eigenvalue weighted by Crippen LogP contribution is -2.60. The van der Waals surface area contributed by atoms with E-state index in [2.05, 4.69) is 4.98 Å². The molecule has 1 atom stereocenters. The highest BCUT2D eigenvalue weighted by atomic mass is 19.4. The maximum Gasteiger partial charge on any atom is 0.405 e. The van der Waals surface area contributed by atoms with Crippen molar-refractivity contribution in [1.82, 2.24) is 19.8 Å². The van der Waals surface area contributed by atoms with Gasteiger partial charge in [-0.05, 0) is 19.8 Å². The third kappa shape index (κ3) is 4.71. The van der Waals surface area contributed by atoms with Gasteiger partial charge >= 0.3 is 6.18 Å². The fraction of sp³-hybridized carbons (Fsp3) is 0.667. The predicted octanol–water partition coefficient (Wildman–Crippen LogP) is 0.916. The highest BCUT2D eigenvalue weighted by molar-refractivity contribution is 5.86. The number of aromatic nitrogens is 2. The van der Waals surface area contributed by atoms with Crippen molar-refractivity contribution >= 4 is 11.8 Å². The van der Waals surface area contributed by atoms with Gasteiger partial charge in [-0.15, -0.1) is 0 Å².